The van der Waals surface area contributed by atoms with Gasteiger partial charge in [-0.2, -0.15) is 0 Å². The molecule has 74 valence electrons. The van der Waals surface area contributed by atoms with Crippen LogP contribution in [0.25, 0.3) is 0 Å². The number of terminal acetylenes is 1. The molecule has 1 N–H and O–H groups in total. The van der Waals surface area contributed by atoms with Gasteiger partial charge < -0.3 is 0 Å². The summed E-state index contributed by atoms with van der Waals surface area (Å²) in [5.41, 5.74) is 0.967. The van der Waals surface area contributed by atoms with E-state index in [1.165, 1.54) is 0 Å². The van der Waals surface area contributed by atoms with E-state index < -0.39 is 0 Å². The Morgan fingerprint density at radius 1 is 1.50 bits per heavy atom. The maximum absolute atomic E-state index is 6.02. The fraction of sp³-hybridized carbons (Fsp3) is 0.273. The summed E-state index contributed by atoms with van der Waals surface area (Å²) in [5.74, 6) is 2.52. The first-order valence-corrected chi connectivity index (χ1v) is 5.02. The second-order valence-electron chi connectivity index (χ2n) is 2.97. The lowest BCUT2D eigenvalue weighted by Crippen LogP contribution is -2.18. The van der Waals surface area contributed by atoms with Gasteiger partial charge >= 0.3 is 0 Å². The summed E-state index contributed by atoms with van der Waals surface area (Å²) in [7, 11) is 0. The number of rotatable bonds is 3. The highest BCUT2D eigenvalue weighted by Gasteiger charge is 2.08. The molecule has 0 aliphatic heterocycles. The number of hydrogen-bond donors (Lipinski definition) is 1. The summed E-state index contributed by atoms with van der Waals surface area (Å²) in [6.07, 6.45) is 5.15. The van der Waals surface area contributed by atoms with Crippen molar-refractivity contribution in [3.63, 3.8) is 0 Å². The minimum Gasteiger partial charge on any atom is -0.300 e. The Kier molecular flexibility index (Phi) is 4.28. The zero-order valence-corrected chi connectivity index (χ0v) is 9.36. The average molecular weight is 228 g/mol. The smallest absolute Gasteiger partial charge is 0.0578 e. The van der Waals surface area contributed by atoms with Crippen LogP contribution in [0.3, 0.4) is 0 Å². The molecule has 0 aromatic heterocycles. The first-order chi connectivity index (χ1) is 6.65. The van der Waals surface area contributed by atoms with Gasteiger partial charge in [0.15, 0.2) is 0 Å². The zero-order valence-electron chi connectivity index (χ0n) is 7.85. The second-order valence-corrected chi connectivity index (χ2v) is 3.82. The molecule has 1 atom stereocenters. The summed E-state index contributed by atoms with van der Waals surface area (Å²) in [5, 5.41) is 4.52. The fourth-order valence-corrected chi connectivity index (χ4v) is 1.63. The third-order valence-corrected chi connectivity index (χ3v) is 2.51. The first kappa shape index (κ1) is 11.4. The van der Waals surface area contributed by atoms with Gasteiger partial charge in [0.2, 0.25) is 0 Å². The maximum Gasteiger partial charge on any atom is 0.0578 e. The molecule has 1 aromatic rings. The summed E-state index contributed by atoms with van der Waals surface area (Å²) < 4.78 is 0. The fourth-order valence-electron chi connectivity index (χ4n) is 1.17. The van der Waals surface area contributed by atoms with Crippen molar-refractivity contribution in [2.45, 2.75) is 13.0 Å². The first-order valence-electron chi connectivity index (χ1n) is 4.27. The van der Waals surface area contributed by atoms with Crippen molar-refractivity contribution in [3.05, 3.63) is 33.8 Å². The van der Waals surface area contributed by atoms with E-state index >= 15 is 0 Å². The Labute approximate surface area is 94.4 Å². The van der Waals surface area contributed by atoms with E-state index in [1.54, 1.807) is 12.1 Å². The topological polar surface area (TPSA) is 12.0 Å². The molecule has 14 heavy (non-hydrogen) atoms. The molecular weight excluding hydrogens is 217 g/mol. The highest BCUT2D eigenvalue weighted by Crippen LogP contribution is 2.25. The SMILES string of the molecule is C#CCN[C@@H](C)c1cc(Cl)ccc1Cl. The molecule has 0 bridgehead atoms. The van der Waals surface area contributed by atoms with Crippen LogP contribution in [-0.2, 0) is 0 Å². The lowest BCUT2D eigenvalue weighted by Gasteiger charge is -2.14. The monoisotopic (exact) mass is 227 g/mol. The lowest BCUT2D eigenvalue weighted by atomic mass is 10.1. The molecule has 0 aliphatic carbocycles. The van der Waals surface area contributed by atoms with Crippen molar-refractivity contribution in [2.24, 2.45) is 0 Å². The summed E-state index contributed by atoms with van der Waals surface area (Å²) in [4.78, 5) is 0. The van der Waals surface area contributed by atoms with Crippen LogP contribution in [0.15, 0.2) is 18.2 Å². The standard InChI is InChI=1S/C11H11Cl2N/c1-3-6-14-8(2)10-7-9(12)4-5-11(10)13/h1,4-5,7-8,14H,6H2,2H3/t8-/m0/s1. The minimum atomic E-state index is 0.109. The highest BCUT2D eigenvalue weighted by atomic mass is 35.5. The summed E-state index contributed by atoms with van der Waals surface area (Å²) >= 11 is 11.9. The third-order valence-electron chi connectivity index (χ3n) is 1.93. The molecule has 1 nitrogen and oxygen atoms in total. The van der Waals surface area contributed by atoms with Crippen LogP contribution in [-0.4, -0.2) is 6.54 Å². The number of hydrogen-bond acceptors (Lipinski definition) is 1. The molecule has 0 heterocycles. The van der Waals surface area contributed by atoms with Crippen LogP contribution >= 0.6 is 23.2 Å². The minimum absolute atomic E-state index is 0.109. The van der Waals surface area contributed by atoms with E-state index in [0.29, 0.717) is 16.6 Å². The van der Waals surface area contributed by atoms with E-state index in [4.69, 9.17) is 29.6 Å². The summed E-state index contributed by atoms with van der Waals surface area (Å²) in [6.45, 7) is 2.51. The van der Waals surface area contributed by atoms with Gasteiger partial charge in [0.05, 0.1) is 6.54 Å². The molecule has 1 aromatic carbocycles. The molecular formula is C11H11Cl2N. The number of halogens is 2. The predicted molar refractivity (Wildman–Crippen MR) is 61.7 cm³/mol. The van der Waals surface area contributed by atoms with Gasteiger partial charge in [-0.3, -0.25) is 5.32 Å². The molecule has 0 aliphatic rings. The van der Waals surface area contributed by atoms with Crippen LogP contribution in [0.5, 0.6) is 0 Å². The van der Waals surface area contributed by atoms with Crippen LogP contribution < -0.4 is 5.32 Å². The van der Waals surface area contributed by atoms with Gasteiger partial charge in [-0.25, -0.2) is 0 Å². The van der Waals surface area contributed by atoms with Crippen LogP contribution in [0.1, 0.15) is 18.5 Å². The average Bonchev–Trinajstić information content (AvgIpc) is 2.18. The zero-order chi connectivity index (χ0) is 10.6. The maximum atomic E-state index is 6.02. The molecule has 0 radical (unpaired) electrons. The molecule has 3 heteroatoms. The van der Waals surface area contributed by atoms with Crippen molar-refractivity contribution in [2.75, 3.05) is 6.54 Å². The Balaban J connectivity index is 2.83. The Morgan fingerprint density at radius 2 is 2.21 bits per heavy atom. The quantitative estimate of drug-likeness (QED) is 0.783. The Hall–Kier alpha value is -0.680. The Bertz CT molecular complexity index is 355. The van der Waals surface area contributed by atoms with Crippen molar-refractivity contribution in [1.82, 2.24) is 5.32 Å². The predicted octanol–water partition coefficient (Wildman–Crippen LogP) is 3.28. The molecule has 0 saturated carbocycles. The lowest BCUT2D eigenvalue weighted by molar-refractivity contribution is 0.623. The largest absolute Gasteiger partial charge is 0.300 e. The van der Waals surface area contributed by atoms with Crippen molar-refractivity contribution in [1.29, 1.82) is 0 Å². The van der Waals surface area contributed by atoms with Crippen LogP contribution in [0, 0.1) is 12.3 Å². The highest BCUT2D eigenvalue weighted by molar-refractivity contribution is 6.33. The van der Waals surface area contributed by atoms with Crippen molar-refractivity contribution in [3.8, 4) is 12.3 Å². The number of benzene rings is 1. The van der Waals surface area contributed by atoms with Crippen molar-refractivity contribution < 1.29 is 0 Å². The molecule has 1 rings (SSSR count). The van der Waals surface area contributed by atoms with E-state index in [2.05, 4.69) is 11.2 Å². The van der Waals surface area contributed by atoms with Crippen LogP contribution in [0.2, 0.25) is 10.0 Å². The molecule has 0 fully saturated rings. The van der Waals surface area contributed by atoms with Gasteiger partial charge in [0.1, 0.15) is 0 Å². The normalized spacial score (nSPS) is 12.1. The van der Waals surface area contributed by atoms with Gasteiger partial charge in [0.25, 0.3) is 0 Å². The second kappa shape index (κ2) is 5.26. The summed E-state index contributed by atoms with van der Waals surface area (Å²) in [6, 6.07) is 5.50. The van der Waals surface area contributed by atoms with E-state index in [9.17, 15) is 0 Å². The molecule has 0 spiro atoms. The molecule has 0 amide bonds. The third kappa shape index (κ3) is 2.92. The van der Waals surface area contributed by atoms with Crippen LogP contribution in [0.4, 0.5) is 0 Å². The Morgan fingerprint density at radius 3 is 2.86 bits per heavy atom. The van der Waals surface area contributed by atoms with Gasteiger partial charge in [0, 0.05) is 16.1 Å². The van der Waals surface area contributed by atoms with E-state index in [-0.39, 0.29) is 6.04 Å². The van der Waals surface area contributed by atoms with Gasteiger partial charge in [-0.05, 0) is 30.7 Å². The molecule has 0 saturated heterocycles. The van der Waals surface area contributed by atoms with Crippen molar-refractivity contribution >= 4 is 23.2 Å². The van der Waals surface area contributed by atoms with E-state index in [1.807, 2.05) is 13.0 Å². The van der Waals surface area contributed by atoms with Gasteiger partial charge in [-0.1, -0.05) is 29.1 Å². The number of nitrogens with one attached hydrogen (secondary N) is 1. The van der Waals surface area contributed by atoms with E-state index in [0.717, 1.165) is 5.56 Å². The van der Waals surface area contributed by atoms with Gasteiger partial charge in [-0.15, -0.1) is 6.42 Å². The molecule has 0 unspecified atom stereocenters.